The molecule has 0 saturated heterocycles. The fourth-order valence-corrected chi connectivity index (χ4v) is 3.65. The largest absolute Gasteiger partial charge is 0.255 e. The molecular weight excluding hydrogens is 375 g/mol. The van der Waals surface area contributed by atoms with E-state index in [0.29, 0.717) is 15.2 Å². The second-order valence-electron chi connectivity index (χ2n) is 5.50. The van der Waals surface area contributed by atoms with Crippen molar-refractivity contribution < 1.29 is 0 Å². The Hall–Kier alpha value is -2.08. The topological polar surface area (TPSA) is 49.6 Å². The minimum Gasteiger partial charge on any atom is -0.255 e. The van der Waals surface area contributed by atoms with E-state index in [4.69, 9.17) is 28.2 Å². The van der Waals surface area contributed by atoms with E-state index >= 15 is 0 Å². The van der Waals surface area contributed by atoms with Crippen molar-refractivity contribution in [2.24, 2.45) is 10.1 Å². The molecule has 0 atom stereocenters. The van der Waals surface area contributed by atoms with Crippen molar-refractivity contribution in [2.75, 3.05) is 0 Å². The number of rotatable bonds is 1. The van der Waals surface area contributed by atoms with Crippen LogP contribution in [0.1, 0.15) is 11.1 Å². The van der Waals surface area contributed by atoms with Gasteiger partial charge in [-0.05, 0) is 54.6 Å². The number of hydrazone groups is 1. The average molecular weight is 387 g/mol. The summed E-state index contributed by atoms with van der Waals surface area (Å²) in [6.45, 7) is 1.97. The Morgan fingerprint density at radius 1 is 1.12 bits per heavy atom. The van der Waals surface area contributed by atoms with Crippen molar-refractivity contribution in [3.63, 3.8) is 0 Å². The van der Waals surface area contributed by atoms with Gasteiger partial charge in [-0.15, -0.1) is 0 Å². The Morgan fingerprint density at radius 2 is 2.00 bits per heavy atom. The molecule has 0 bridgehead atoms. The summed E-state index contributed by atoms with van der Waals surface area (Å²) < 4.78 is 0. The van der Waals surface area contributed by atoms with Gasteiger partial charge in [0, 0.05) is 21.0 Å². The van der Waals surface area contributed by atoms with Crippen LogP contribution < -0.4 is 5.43 Å². The molecule has 1 aromatic heterocycles. The van der Waals surface area contributed by atoms with Crippen molar-refractivity contribution in [1.82, 2.24) is 10.4 Å². The van der Waals surface area contributed by atoms with Gasteiger partial charge in [0.15, 0.2) is 5.17 Å². The number of nitrogens with one attached hydrogen (secondary N) is 1. The average Bonchev–Trinajstić information content (AvgIpc) is 2.78. The summed E-state index contributed by atoms with van der Waals surface area (Å²) in [5.74, 6) is 0. The fourth-order valence-electron chi connectivity index (χ4n) is 2.51. The lowest BCUT2D eigenvalue weighted by atomic mass is 10.1. The van der Waals surface area contributed by atoms with E-state index in [-0.39, 0.29) is 0 Å². The molecule has 4 nitrogen and oxygen atoms in total. The van der Waals surface area contributed by atoms with Gasteiger partial charge in [0.25, 0.3) is 0 Å². The van der Waals surface area contributed by atoms with Gasteiger partial charge in [0.1, 0.15) is 5.03 Å². The van der Waals surface area contributed by atoms with Crippen LogP contribution in [0.15, 0.2) is 57.6 Å². The normalized spacial score (nSPS) is 15.1. The van der Waals surface area contributed by atoms with Crippen LogP contribution in [0, 0.1) is 6.92 Å². The minimum absolute atomic E-state index is 0.629. The van der Waals surface area contributed by atoms with Crippen molar-refractivity contribution in [3.05, 3.63) is 63.6 Å². The molecule has 2 aromatic carbocycles. The van der Waals surface area contributed by atoms with Crippen LogP contribution in [0.2, 0.25) is 10.0 Å². The number of aromatic nitrogens is 1. The maximum atomic E-state index is 6.23. The van der Waals surface area contributed by atoms with Crippen molar-refractivity contribution in [1.29, 1.82) is 0 Å². The Kier molecular flexibility index (Phi) is 4.37. The van der Waals surface area contributed by atoms with Gasteiger partial charge in [-0.2, -0.15) is 5.10 Å². The van der Waals surface area contributed by atoms with Crippen LogP contribution in [-0.2, 0) is 0 Å². The summed E-state index contributed by atoms with van der Waals surface area (Å²) in [5, 5.41) is 8.06. The summed E-state index contributed by atoms with van der Waals surface area (Å²) >= 11 is 13.7. The standard InChI is InChI=1S/C18H12Cl2N4S/c1-10-15(20)6-5-11-7-12-9-21-24-18(25-17(12)23-16(10)11)22-14-4-2-3-13(19)8-14/h2-9H,1H3,(H,22,24). The monoisotopic (exact) mass is 386 g/mol. The lowest BCUT2D eigenvalue weighted by Crippen LogP contribution is -2.11. The predicted molar refractivity (Wildman–Crippen MR) is 107 cm³/mol. The number of nitrogens with zero attached hydrogens (tertiary/aromatic N) is 3. The third-order valence-electron chi connectivity index (χ3n) is 3.76. The zero-order chi connectivity index (χ0) is 17.4. The first-order chi connectivity index (χ1) is 12.1. The Labute approximate surface area is 159 Å². The zero-order valence-corrected chi connectivity index (χ0v) is 15.5. The van der Waals surface area contributed by atoms with E-state index in [1.807, 2.05) is 37.3 Å². The third kappa shape index (κ3) is 3.35. The van der Waals surface area contributed by atoms with Crippen LogP contribution in [0.4, 0.5) is 5.69 Å². The second-order valence-corrected chi connectivity index (χ2v) is 7.32. The molecule has 7 heteroatoms. The van der Waals surface area contributed by atoms with Gasteiger partial charge in [-0.25, -0.2) is 9.98 Å². The maximum Gasteiger partial charge on any atom is 0.188 e. The van der Waals surface area contributed by atoms with Crippen LogP contribution in [0.25, 0.3) is 10.9 Å². The number of benzene rings is 2. The molecule has 124 valence electrons. The van der Waals surface area contributed by atoms with Crippen LogP contribution >= 0.6 is 35.0 Å². The molecule has 4 rings (SSSR count). The molecule has 3 aromatic rings. The highest BCUT2D eigenvalue weighted by Crippen LogP contribution is 2.31. The van der Waals surface area contributed by atoms with Gasteiger partial charge < -0.3 is 0 Å². The molecule has 2 heterocycles. The number of thioether (sulfide) groups is 1. The zero-order valence-electron chi connectivity index (χ0n) is 13.1. The molecule has 0 aliphatic carbocycles. The second kappa shape index (κ2) is 6.67. The number of hydrogen-bond donors (Lipinski definition) is 1. The van der Waals surface area contributed by atoms with E-state index < -0.39 is 0 Å². The predicted octanol–water partition coefficient (Wildman–Crippen LogP) is 5.57. The lowest BCUT2D eigenvalue weighted by Gasteiger charge is -2.08. The number of amidine groups is 1. The van der Waals surface area contributed by atoms with Gasteiger partial charge in [0.05, 0.1) is 17.4 Å². The Morgan fingerprint density at radius 3 is 2.84 bits per heavy atom. The number of hydrogen-bond acceptors (Lipinski definition) is 4. The van der Waals surface area contributed by atoms with Crippen LogP contribution in [-0.4, -0.2) is 16.4 Å². The number of aryl methyl sites for hydroxylation is 1. The van der Waals surface area contributed by atoms with Crippen LogP contribution in [0.5, 0.6) is 0 Å². The van der Waals surface area contributed by atoms with Crippen molar-refractivity contribution in [3.8, 4) is 0 Å². The summed E-state index contributed by atoms with van der Waals surface area (Å²) in [6.07, 6.45) is 1.75. The van der Waals surface area contributed by atoms with E-state index in [2.05, 4.69) is 21.6 Å². The highest BCUT2D eigenvalue weighted by molar-refractivity contribution is 8.13. The summed E-state index contributed by atoms with van der Waals surface area (Å²) in [5.41, 5.74) is 6.48. The molecule has 0 amide bonds. The Bertz CT molecular complexity index is 1050. The van der Waals surface area contributed by atoms with Gasteiger partial charge in [-0.1, -0.05) is 35.3 Å². The molecule has 0 unspecified atom stereocenters. The quantitative estimate of drug-likeness (QED) is 0.594. The maximum absolute atomic E-state index is 6.23. The summed E-state index contributed by atoms with van der Waals surface area (Å²) in [6, 6.07) is 13.3. The molecular formula is C18H12Cl2N4S. The van der Waals surface area contributed by atoms with Gasteiger partial charge >= 0.3 is 0 Å². The first-order valence-corrected chi connectivity index (χ1v) is 9.08. The van der Waals surface area contributed by atoms with E-state index in [9.17, 15) is 0 Å². The van der Waals surface area contributed by atoms with E-state index in [1.54, 1.807) is 12.3 Å². The fraction of sp³-hybridized carbons (Fsp3) is 0.0556. The number of pyridine rings is 1. The highest BCUT2D eigenvalue weighted by Gasteiger charge is 2.15. The van der Waals surface area contributed by atoms with Crippen molar-refractivity contribution in [2.45, 2.75) is 11.9 Å². The summed E-state index contributed by atoms with van der Waals surface area (Å²) in [4.78, 5) is 9.35. The number of fused-ring (bicyclic) bond motifs is 2. The third-order valence-corrected chi connectivity index (χ3v) is 5.30. The SMILES string of the molecule is Cc1c(Cl)ccc2cc3c(nc12)SC(=Nc1cccc(Cl)c1)NN=C3. The first kappa shape index (κ1) is 16.4. The van der Waals surface area contributed by atoms with Crippen molar-refractivity contribution >= 4 is 62.9 Å². The van der Waals surface area contributed by atoms with Gasteiger partial charge in [-0.3, -0.25) is 5.43 Å². The molecule has 0 saturated carbocycles. The molecule has 25 heavy (non-hydrogen) atoms. The van der Waals surface area contributed by atoms with E-state index in [1.165, 1.54) is 11.8 Å². The number of aliphatic imine (C=N–C) groups is 1. The summed E-state index contributed by atoms with van der Waals surface area (Å²) in [7, 11) is 0. The Balaban J connectivity index is 1.79. The molecule has 1 aliphatic rings. The smallest absolute Gasteiger partial charge is 0.188 e. The lowest BCUT2D eigenvalue weighted by molar-refractivity contribution is 1.05. The first-order valence-electron chi connectivity index (χ1n) is 7.51. The molecule has 1 N–H and O–H groups in total. The highest BCUT2D eigenvalue weighted by atomic mass is 35.5. The van der Waals surface area contributed by atoms with Crippen LogP contribution in [0.3, 0.4) is 0 Å². The minimum atomic E-state index is 0.629. The molecule has 1 aliphatic heterocycles. The molecule has 0 spiro atoms. The van der Waals surface area contributed by atoms with E-state index in [0.717, 1.165) is 32.7 Å². The van der Waals surface area contributed by atoms with Gasteiger partial charge in [0.2, 0.25) is 0 Å². The number of halogens is 2. The molecule has 0 radical (unpaired) electrons. The molecule has 0 fully saturated rings.